The molecule has 2 aliphatic rings. The normalized spacial score (nSPS) is 19.5. The van der Waals surface area contributed by atoms with Crippen molar-refractivity contribution in [2.24, 2.45) is 5.92 Å². The summed E-state index contributed by atoms with van der Waals surface area (Å²) in [6.07, 6.45) is 2.20. The fourth-order valence-corrected chi connectivity index (χ4v) is 3.19. The van der Waals surface area contributed by atoms with Crippen molar-refractivity contribution in [2.75, 3.05) is 25.1 Å². The van der Waals surface area contributed by atoms with Crippen molar-refractivity contribution >= 4 is 5.69 Å². The minimum absolute atomic E-state index is 0.627. The van der Waals surface area contributed by atoms with Crippen LogP contribution in [0.4, 0.5) is 5.69 Å². The Morgan fingerprint density at radius 2 is 1.76 bits per heavy atom. The van der Waals surface area contributed by atoms with Gasteiger partial charge < -0.3 is 14.8 Å². The van der Waals surface area contributed by atoms with Crippen LogP contribution in [0.5, 0.6) is 11.5 Å². The Morgan fingerprint density at radius 1 is 1.00 bits per heavy atom. The van der Waals surface area contributed by atoms with Gasteiger partial charge in [-0.25, -0.2) is 0 Å². The van der Waals surface area contributed by atoms with Crippen LogP contribution in [0.1, 0.15) is 11.1 Å². The second-order valence-corrected chi connectivity index (χ2v) is 5.79. The molecule has 0 fully saturated rings. The van der Waals surface area contributed by atoms with E-state index < -0.39 is 0 Å². The minimum Gasteiger partial charge on any atom is -0.486 e. The summed E-state index contributed by atoms with van der Waals surface area (Å²) in [6, 6.07) is 14.9. The lowest BCUT2D eigenvalue weighted by molar-refractivity contribution is 0.171. The van der Waals surface area contributed by atoms with Gasteiger partial charge in [0.2, 0.25) is 0 Å². The molecule has 1 unspecified atom stereocenters. The van der Waals surface area contributed by atoms with Gasteiger partial charge in [-0.1, -0.05) is 30.3 Å². The number of nitrogens with one attached hydrogen (secondary N) is 1. The molecule has 1 atom stereocenters. The molecule has 0 aliphatic carbocycles. The largest absolute Gasteiger partial charge is 0.486 e. The molecule has 0 bridgehead atoms. The highest BCUT2D eigenvalue weighted by Gasteiger charge is 2.22. The Labute approximate surface area is 124 Å². The van der Waals surface area contributed by atoms with Crippen LogP contribution in [0.15, 0.2) is 42.5 Å². The summed E-state index contributed by atoms with van der Waals surface area (Å²) in [4.78, 5) is 0. The van der Waals surface area contributed by atoms with E-state index in [0.717, 1.165) is 30.9 Å². The van der Waals surface area contributed by atoms with Crippen molar-refractivity contribution in [1.82, 2.24) is 0 Å². The number of hydrogen-bond donors (Lipinski definition) is 1. The summed E-state index contributed by atoms with van der Waals surface area (Å²) in [5.74, 6) is 2.39. The van der Waals surface area contributed by atoms with Gasteiger partial charge >= 0.3 is 0 Å². The van der Waals surface area contributed by atoms with Gasteiger partial charge in [-0.05, 0) is 36.0 Å². The highest BCUT2D eigenvalue weighted by Crippen LogP contribution is 2.38. The van der Waals surface area contributed by atoms with E-state index in [9.17, 15) is 0 Å². The maximum absolute atomic E-state index is 5.69. The standard InChI is InChI=1S/C18H19NO2/c1-2-4-13(5-3-1)8-14-9-15-10-17-18(21-7-6-20-17)11-16(15)19-12-14/h1-5,10-11,14,19H,6-9,12H2. The quantitative estimate of drug-likeness (QED) is 0.916. The zero-order valence-corrected chi connectivity index (χ0v) is 12.0. The molecule has 2 aromatic rings. The lowest BCUT2D eigenvalue weighted by Gasteiger charge is -2.28. The second kappa shape index (κ2) is 5.32. The highest BCUT2D eigenvalue weighted by atomic mass is 16.6. The maximum atomic E-state index is 5.69. The first-order valence-electron chi connectivity index (χ1n) is 7.59. The van der Waals surface area contributed by atoms with E-state index in [1.165, 1.54) is 16.8 Å². The third kappa shape index (κ3) is 2.56. The van der Waals surface area contributed by atoms with Gasteiger partial charge in [-0.15, -0.1) is 0 Å². The number of anilines is 1. The van der Waals surface area contributed by atoms with Gasteiger partial charge in [0, 0.05) is 18.3 Å². The molecular formula is C18H19NO2. The number of hydrogen-bond acceptors (Lipinski definition) is 3. The van der Waals surface area contributed by atoms with Crippen LogP contribution < -0.4 is 14.8 Å². The molecule has 0 saturated heterocycles. The summed E-state index contributed by atoms with van der Waals surface area (Å²) < 4.78 is 11.3. The SMILES string of the molecule is c1ccc(CC2CNc3cc4c(cc3C2)OCCO4)cc1. The molecule has 4 rings (SSSR count). The van der Waals surface area contributed by atoms with Gasteiger partial charge in [-0.2, -0.15) is 0 Å². The van der Waals surface area contributed by atoms with E-state index in [0.29, 0.717) is 19.1 Å². The number of ether oxygens (including phenoxy) is 2. The fraction of sp³-hybridized carbons (Fsp3) is 0.333. The summed E-state index contributed by atoms with van der Waals surface area (Å²) in [5.41, 5.74) is 3.94. The van der Waals surface area contributed by atoms with Crippen LogP contribution in [0.2, 0.25) is 0 Å². The monoisotopic (exact) mass is 281 g/mol. The summed E-state index contributed by atoms with van der Waals surface area (Å²) in [6.45, 7) is 2.30. The molecule has 108 valence electrons. The van der Waals surface area contributed by atoms with Gasteiger partial charge in [0.15, 0.2) is 11.5 Å². The van der Waals surface area contributed by atoms with Crippen LogP contribution in [-0.2, 0) is 12.8 Å². The smallest absolute Gasteiger partial charge is 0.163 e. The number of fused-ring (bicyclic) bond motifs is 2. The topological polar surface area (TPSA) is 30.5 Å². The first-order valence-corrected chi connectivity index (χ1v) is 7.59. The minimum atomic E-state index is 0.627. The molecule has 0 saturated carbocycles. The first-order chi connectivity index (χ1) is 10.4. The lowest BCUT2D eigenvalue weighted by atomic mass is 9.88. The molecule has 0 amide bonds. The predicted octanol–water partition coefficient (Wildman–Crippen LogP) is 3.28. The molecule has 2 aromatic carbocycles. The van der Waals surface area contributed by atoms with Crippen molar-refractivity contribution in [3.05, 3.63) is 53.6 Å². The second-order valence-electron chi connectivity index (χ2n) is 5.79. The molecule has 3 nitrogen and oxygen atoms in total. The highest BCUT2D eigenvalue weighted by molar-refractivity contribution is 5.62. The van der Waals surface area contributed by atoms with E-state index >= 15 is 0 Å². The molecule has 21 heavy (non-hydrogen) atoms. The Hall–Kier alpha value is -2.16. The Kier molecular flexibility index (Phi) is 3.18. The van der Waals surface area contributed by atoms with Crippen LogP contribution in [-0.4, -0.2) is 19.8 Å². The third-order valence-corrected chi connectivity index (χ3v) is 4.23. The lowest BCUT2D eigenvalue weighted by Crippen LogP contribution is -2.25. The van der Waals surface area contributed by atoms with E-state index in [4.69, 9.17) is 9.47 Å². The summed E-state index contributed by atoms with van der Waals surface area (Å²) in [7, 11) is 0. The van der Waals surface area contributed by atoms with Gasteiger partial charge in [0.1, 0.15) is 13.2 Å². The number of rotatable bonds is 2. The maximum Gasteiger partial charge on any atom is 0.163 e. The third-order valence-electron chi connectivity index (χ3n) is 4.23. The van der Waals surface area contributed by atoms with Crippen LogP contribution in [0.3, 0.4) is 0 Å². The molecule has 3 heteroatoms. The molecule has 0 radical (unpaired) electrons. The summed E-state index contributed by atoms with van der Waals surface area (Å²) in [5, 5.41) is 3.55. The Bertz CT molecular complexity index is 639. The van der Waals surface area contributed by atoms with Crippen molar-refractivity contribution in [3.63, 3.8) is 0 Å². The zero-order chi connectivity index (χ0) is 14.1. The van der Waals surface area contributed by atoms with Crippen molar-refractivity contribution in [2.45, 2.75) is 12.8 Å². The van der Waals surface area contributed by atoms with Gasteiger partial charge in [0.25, 0.3) is 0 Å². The van der Waals surface area contributed by atoms with E-state index in [2.05, 4.69) is 47.8 Å². The summed E-state index contributed by atoms with van der Waals surface area (Å²) >= 11 is 0. The average Bonchev–Trinajstić information content (AvgIpc) is 2.54. The number of benzene rings is 2. The van der Waals surface area contributed by atoms with Crippen molar-refractivity contribution in [1.29, 1.82) is 0 Å². The first kappa shape index (κ1) is 12.6. The van der Waals surface area contributed by atoms with Gasteiger partial charge in [0.05, 0.1) is 0 Å². The molecule has 0 spiro atoms. The van der Waals surface area contributed by atoms with Crippen molar-refractivity contribution in [3.8, 4) is 11.5 Å². The molecular weight excluding hydrogens is 262 g/mol. The van der Waals surface area contributed by atoms with Crippen LogP contribution >= 0.6 is 0 Å². The zero-order valence-electron chi connectivity index (χ0n) is 12.0. The molecule has 2 heterocycles. The average molecular weight is 281 g/mol. The Balaban J connectivity index is 1.54. The predicted molar refractivity (Wildman–Crippen MR) is 83.3 cm³/mol. The fourth-order valence-electron chi connectivity index (χ4n) is 3.19. The molecule has 0 aromatic heterocycles. The molecule has 2 aliphatic heterocycles. The van der Waals surface area contributed by atoms with Gasteiger partial charge in [-0.3, -0.25) is 0 Å². The van der Waals surface area contributed by atoms with Crippen molar-refractivity contribution < 1.29 is 9.47 Å². The van der Waals surface area contributed by atoms with Crippen LogP contribution in [0, 0.1) is 5.92 Å². The molecule has 1 N–H and O–H groups in total. The van der Waals surface area contributed by atoms with Crippen LogP contribution in [0.25, 0.3) is 0 Å². The van der Waals surface area contributed by atoms with E-state index in [1.807, 2.05) is 0 Å². The van der Waals surface area contributed by atoms with E-state index in [-0.39, 0.29) is 0 Å². The van der Waals surface area contributed by atoms with E-state index in [1.54, 1.807) is 0 Å². The Morgan fingerprint density at radius 3 is 2.57 bits per heavy atom.